The molecule has 1 aliphatic heterocycles. The van der Waals surface area contributed by atoms with Crippen molar-refractivity contribution in [1.29, 1.82) is 0 Å². The Hall–Kier alpha value is -3.24. The maximum Gasteiger partial charge on any atom is 0.412 e. The first kappa shape index (κ1) is 22.9. The average molecular weight is 469 g/mol. The van der Waals surface area contributed by atoms with Crippen LogP contribution in [0.25, 0.3) is 16.5 Å². The van der Waals surface area contributed by atoms with Crippen LogP contribution >= 0.6 is 11.3 Å². The monoisotopic (exact) mass is 468 g/mol. The Labute approximate surface area is 196 Å². The maximum absolute atomic E-state index is 13.2. The molecular formula is C23H28N6O3S. The predicted molar refractivity (Wildman–Crippen MR) is 131 cm³/mol. The van der Waals surface area contributed by atoms with E-state index in [2.05, 4.69) is 38.7 Å². The summed E-state index contributed by atoms with van der Waals surface area (Å²) in [5.74, 6) is -0.402. The number of thiazole rings is 1. The minimum atomic E-state index is -0.657. The Balaban J connectivity index is 1.61. The number of aryl methyl sites for hydroxylation is 1. The van der Waals surface area contributed by atoms with Crippen molar-refractivity contribution >= 4 is 50.5 Å². The van der Waals surface area contributed by atoms with Gasteiger partial charge in [-0.25, -0.2) is 9.78 Å². The number of nitrogens with zero attached hydrogens (tertiary/aromatic N) is 4. The Bertz CT molecular complexity index is 1240. The normalized spacial score (nSPS) is 14.8. The summed E-state index contributed by atoms with van der Waals surface area (Å²) in [5.41, 5.74) is 2.04. The quantitative estimate of drug-likeness (QED) is 0.590. The number of benzene rings is 1. The number of carbonyl (C=O) groups is 2. The van der Waals surface area contributed by atoms with Gasteiger partial charge in [-0.3, -0.25) is 14.8 Å². The van der Waals surface area contributed by atoms with Gasteiger partial charge in [0.15, 0.2) is 5.69 Å². The van der Waals surface area contributed by atoms with Gasteiger partial charge in [0.2, 0.25) is 0 Å². The standard InChI is InChI=1S/C23H28N6O3S/c1-23(2,3)32-22(31)26-21-18(25-20(33-21)14-8-10-28(4)11-9-14)19(30)24-16-6-7-17-15(12-16)13-29(5)27-17/h6-8,12-13H,9-11H2,1-5H3,(H,24,30)(H,26,31). The number of rotatable bonds is 4. The maximum atomic E-state index is 13.2. The molecule has 0 aliphatic carbocycles. The van der Waals surface area contributed by atoms with Gasteiger partial charge in [0, 0.05) is 37.4 Å². The number of carbonyl (C=O) groups excluding carboxylic acids is 2. The molecule has 0 saturated heterocycles. The van der Waals surface area contributed by atoms with Crippen LogP contribution < -0.4 is 10.6 Å². The number of fused-ring (bicyclic) bond motifs is 1. The van der Waals surface area contributed by atoms with Gasteiger partial charge in [0.25, 0.3) is 5.91 Å². The van der Waals surface area contributed by atoms with Crippen LogP contribution in [0.3, 0.4) is 0 Å². The second-order valence-corrected chi connectivity index (χ2v) is 10.1. The molecule has 0 atom stereocenters. The molecule has 1 aliphatic rings. The lowest BCUT2D eigenvalue weighted by molar-refractivity contribution is 0.0636. The van der Waals surface area contributed by atoms with E-state index >= 15 is 0 Å². The van der Waals surface area contributed by atoms with Crippen LogP contribution in [-0.2, 0) is 11.8 Å². The molecule has 0 spiro atoms. The molecular weight excluding hydrogens is 440 g/mol. The van der Waals surface area contributed by atoms with E-state index < -0.39 is 17.6 Å². The van der Waals surface area contributed by atoms with Gasteiger partial charge in [0.1, 0.15) is 15.6 Å². The first-order valence-electron chi connectivity index (χ1n) is 10.7. The smallest absolute Gasteiger partial charge is 0.412 e. The van der Waals surface area contributed by atoms with Gasteiger partial charge in [-0.2, -0.15) is 5.10 Å². The highest BCUT2D eigenvalue weighted by molar-refractivity contribution is 7.17. The molecule has 10 heteroatoms. The van der Waals surface area contributed by atoms with E-state index in [1.807, 2.05) is 25.4 Å². The van der Waals surface area contributed by atoms with Gasteiger partial charge >= 0.3 is 6.09 Å². The Morgan fingerprint density at radius 1 is 1.18 bits per heavy atom. The molecule has 0 radical (unpaired) electrons. The van der Waals surface area contributed by atoms with Crippen molar-refractivity contribution in [2.75, 3.05) is 30.8 Å². The number of amides is 2. The van der Waals surface area contributed by atoms with E-state index in [1.165, 1.54) is 11.3 Å². The summed E-state index contributed by atoms with van der Waals surface area (Å²) in [6.07, 6.45) is 4.20. The van der Waals surface area contributed by atoms with Crippen LogP contribution in [0.5, 0.6) is 0 Å². The number of ether oxygens (including phenoxy) is 1. The van der Waals surface area contributed by atoms with Crippen LogP contribution in [0.15, 0.2) is 30.5 Å². The number of likely N-dealkylation sites (N-methyl/N-ethyl adjacent to an activating group) is 1. The highest BCUT2D eigenvalue weighted by Gasteiger charge is 2.25. The Morgan fingerprint density at radius 3 is 2.67 bits per heavy atom. The first-order valence-corrected chi connectivity index (χ1v) is 11.5. The predicted octanol–water partition coefficient (Wildman–Crippen LogP) is 4.35. The van der Waals surface area contributed by atoms with E-state index in [1.54, 1.807) is 31.5 Å². The minimum absolute atomic E-state index is 0.159. The topological polar surface area (TPSA) is 101 Å². The average Bonchev–Trinajstić information content (AvgIpc) is 3.29. The lowest BCUT2D eigenvalue weighted by Gasteiger charge is -2.20. The molecule has 2 aromatic heterocycles. The lowest BCUT2D eigenvalue weighted by atomic mass is 10.1. The summed E-state index contributed by atoms with van der Waals surface area (Å²) in [6.45, 7) is 7.09. The Morgan fingerprint density at radius 2 is 1.97 bits per heavy atom. The Kier molecular flexibility index (Phi) is 6.22. The largest absolute Gasteiger partial charge is 0.444 e. The van der Waals surface area contributed by atoms with E-state index in [4.69, 9.17) is 4.74 Å². The van der Waals surface area contributed by atoms with Crippen LogP contribution in [0.2, 0.25) is 0 Å². The van der Waals surface area contributed by atoms with Crippen molar-refractivity contribution in [3.8, 4) is 0 Å². The molecule has 9 nitrogen and oxygen atoms in total. The summed E-state index contributed by atoms with van der Waals surface area (Å²) in [5, 5.41) is 12.0. The molecule has 33 heavy (non-hydrogen) atoms. The molecule has 0 unspecified atom stereocenters. The minimum Gasteiger partial charge on any atom is -0.444 e. The van der Waals surface area contributed by atoms with Gasteiger partial charge in [-0.15, -0.1) is 0 Å². The highest BCUT2D eigenvalue weighted by atomic mass is 32.1. The van der Waals surface area contributed by atoms with Crippen LogP contribution in [0, 0.1) is 0 Å². The van der Waals surface area contributed by atoms with Crippen molar-refractivity contribution in [1.82, 2.24) is 19.7 Å². The number of hydrogen-bond donors (Lipinski definition) is 2. The van der Waals surface area contributed by atoms with E-state index in [0.717, 1.165) is 41.0 Å². The number of nitrogens with one attached hydrogen (secondary N) is 2. The van der Waals surface area contributed by atoms with Crippen molar-refractivity contribution in [2.45, 2.75) is 32.8 Å². The summed E-state index contributed by atoms with van der Waals surface area (Å²) in [6, 6.07) is 5.50. The highest BCUT2D eigenvalue weighted by Crippen LogP contribution is 2.33. The second kappa shape index (κ2) is 8.95. The molecule has 3 heterocycles. The van der Waals surface area contributed by atoms with Gasteiger partial charge in [-0.05, 0) is 58.0 Å². The van der Waals surface area contributed by atoms with Gasteiger partial charge < -0.3 is 15.0 Å². The lowest BCUT2D eigenvalue weighted by Crippen LogP contribution is -2.27. The molecule has 174 valence electrons. The van der Waals surface area contributed by atoms with Crippen molar-refractivity contribution in [3.05, 3.63) is 41.2 Å². The zero-order valence-electron chi connectivity index (χ0n) is 19.4. The molecule has 3 aromatic rings. The summed E-state index contributed by atoms with van der Waals surface area (Å²) in [7, 11) is 3.91. The summed E-state index contributed by atoms with van der Waals surface area (Å²) in [4.78, 5) is 32.4. The van der Waals surface area contributed by atoms with Crippen molar-refractivity contribution < 1.29 is 14.3 Å². The van der Waals surface area contributed by atoms with Gasteiger partial charge in [0.05, 0.1) is 5.52 Å². The zero-order chi connectivity index (χ0) is 23.8. The third-order valence-electron chi connectivity index (χ3n) is 5.02. The third-order valence-corrected chi connectivity index (χ3v) is 6.07. The zero-order valence-corrected chi connectivity index (χ0v) is 20.2. The number of hydrogen-bond acceptors (Lipinski definition) is 7. The fraction of sp³-hybridized carbons (Fsp3) is 0.391. The number of anilines is 2. The van der Waals surface area contributed by atoms with Crippen LogP contribution in [0.1, 0.15) is 42.7 Å². The second-order valence-electron chi connectivity index (χ2n) is 9.10. The molecule has 0 fully saturated rings. The molecule has 0 bridgehead atoms. The molecule has 0 saturated carbocycles. The van der Waals surface area contributed by atoms with Crippen molar-refractivity contribution in [3.63, 3.8) is 0 Å². The fourth-order valence-electron chi connectivity index (χ4n) is 3.47. The van der Waals surface area contributed by atoms with Gasteiger partial charge in [-0.1, -0.05) is 17.4 Å². The van der Waals surface area contributed by atoms with E-state index in [0.29, 0.717) is 10.7 Å². The molecule has 2 amide bonds. The van der Waals surface area contributed by atoms with E-state index in [-0.39, 0.29) is 5.69 Å². The molecule has 2 N–H and O–H groups in total. The van der Waals surface area contributed by atoms with Crippen molar-refractivity contribution in [2.24, 2.45) is 7.05 Å². The summed E-state index contributed by atoms with van der Waals surface area (Å²) < 4.78 is 7.10. The first-order chi connectivity index (χ1) is 15.6. The third kappa shape index (κ3) is 5.58. The SMILES string of the molecule is CN1CC=C(c2nc(C(=O)Nc3ccc4nn(C)cc4c3)c(NC(=O)OC(C)(C)C)s2)CC1. The fourth-order valence-corrected chi connectivity index (χ4v) is 4.49. The van der Waals surface area contributed by atoms with Crippen LogP contribution in [0.4, 0.5) is 15.5 Å². The number of aromatic nitrogens is 3. The molecule has 4 rings (SSSR count). The van der Waals surface area contributed by atoms with Crippen LogP contribution in [-0.4, -0.2) is 57.4 Å². The summed E-state index contributed by atoms with van der Waals surface area (Å²) >= 11 is 1.28. The van der Waals surface area contributed by atoms with E-state index in [9.17, 15) is 9.59 Å². The molecule has 1 aromatic carbocycles.